The predicted molar refractivity (Wildman–Crippen MR) is 76.9 cm³/mol. The third-order valence-electron chi connectivity index (χ3n) is 2.85. The van der Waals surface area contributed by atoms with Crippen molar-refractivity contribution in [3.63, 3.8) is 0 Å². The van der Waals surface area contributed by atoms with Gasteiger partial charge in [0.1, 0.15) is 11.6 Å². The van der Waals surface area contributed by atoms with Crippen LogP contribution in [0, 0.1) is 19.7 Å². The predicted octanol–water partition coefficient (Wildman–Crippen LogP) is 2.94. The van der Waals surface area contributed by atoms with Gasteiger partial charge in [-0.05, 0) is 38.1 Å². The van der Waals surface area contributed by atoms with Crippen LogP contribution in [-0.2, 0) is 4.79 Å². The molecule has 1 aromatic carbocycles. The summed E-state index contributed by atoms with van der Waals surface area (Å²) in [7, 11) is 1.66. The van der Waals surface area contributed by atoms with Crippen molar-refractivity contribution < 1.29 is 13.9 Å². The molecule has 0 atom stereocenters. The standard InChI is InChI=1S/C14H15FN2O2S/c1-9-10(2)20-14(16-9)17(3)13(18)8-19-12-6-4-11(15)5-7-12/h4-7H,8H2,1-3H3. The molecule has 4 nitrogen and oxygen atoms in total. The van der Waals surface area contributed by atoms with Crippen LogP contribution in [0.25, 0.3) is 0 Å². The Morgan fingerprint density at radius 1 is 1.35 bits per heavy atom. The Kier molecular flexibility index (Phi) is 4.34. The van der Waals surface area contributed by atoms with E-state index >= 15 is 0 Å². The van der Waals surface area contributed by atoms with E-state index in [2.05, 4.69) is 4.98 Å². The van der Waals surface area contributed by atoms with Gasteiger partial charge in [-0.15, -0.1) is 11.3 Å². The maximum Gasteiger partial charge on any atom is 0.266 e. The summed E-state index contributed by atoms with van der Waals surface area (Å²) >= 11 is 1.46. The fourth-order valence-electron chi connectivity index (χ4n) is 1.48. The van der Waals surface area contributed by atoms with E-state index in [1.54, 1.807) is 7.05 Å². The molecule has 0 aliphatic carbocycles. The van der Waals surface area contributed by atoms with Crippen molar-refractivity contribution in [3.05, 3.63) is 40.7 Å². The third kappa shape index (κ3) is 3.33. The van der Waals surface area contributed by atoms with Crippen molar-refractivity contribution in [1.82, 2.24) is 4.98 Å². The van der Waals surface area contributed by atoms with Crippen molar-refractivity contribution in [3.8, 4) is 5.75 Å². The van der Waals surface area contributed by atoms with Crippen LogP contribution in [0.4, 0.5) is 9.52 Å². The molecule has 0 unspecified atom stereocenters. The van der Waals surface area contributed by atoms with Gasteiger partial charge in [0.05, 0.1) is 5.69 Å². The summed E-state index contributed by atoms with van der Waals surface area (Å²) in [5.74, 6) is -0.0859. The van der Waals surface area contributed by atoms with Gasteiger partial charge in [0, 0.05) is 11.9 Å². The second-order valence-electron chi connectivity index (χ2n) is 4.33. The topological polar surface area (TPSA) is 42.4 Å². The van der Waals surface area contributed by atoms with Gasteiger partial charge in [0.15, 0.2) is 11.7 Å². The van der Waals surface area contributed by atoms with Crippen molar-refractivity contribution in [2.24, 2.45) is 0 Å². The Morgan fingerprint density at radius 2 is 2.00 bits per heavy atom. The molecule has 0 aliphatic rings. The Labute approximate surface area is 120 Å². The van der Waals surface area contributed by atoms with Gasteiger partial charge >= 0.3 is 0 Å². The Bertz CT molecular complexity index is 591. The van der Waals surface area contributed by atoms with E-state index in [4.69, 9.17) is 4.74 Å². The van der Waals surface area contributed by atoms with E-state index in [1.807, 2.05) is 13.8 Å². The van der Waals surface area contributed by atoms with Gasteiger partial charge in [-0.3, -0.25) is 9.69 Å². The molecule has 0 radical (unpaired) electrons. The van der Waals surface area contributed by atoms with Crippen molar-refractivity contribution in [2.75, 3.05) is 18.6 Å². The van der Waals surface area contributed by atoms with Gasteiger partial charge in [0.2, 0.25) is 0 Å². The second-order valence-corrected chi connectivity index (χ2v) is 5.52. The van der Waals surface area contributed by atoms with Crippen LogP contribution in [0.1, 0.15) is 10.6 Å². The number of amides is 1. The van der Waals surface area contributed by atoms with E-state index in [0.29, 0.717) is 10.9 Å². The molecule has 0 aliphatic heterocycles. The van der Waals surface area contributed by atoms with E-state index < -0.39 is 0 Å². The number of anilines is 1. The minimum Gasteiger partial charge on any atom is -0.484 e. The summed E-state index contributed by atoms with van der Waals surface area (Å²) in [4.78, 5) is 18.9. The lowest BCUT2D eigenvalue weighted by Crippen LogP contribution is -2.31. The number of aromatic nitrogens is 1. The number of hydrogen-bond acceptors (Lipinski definition) is 4. The number of nitrogens with zero attached hydrogens (tertiary/aromatic N) is 2. The lowest BCUT2D eigenvalue weighted by molar-refractivity contribution is -0.120. The summed E-state index contributed by atoms with van der Waals surface area (Å²) < 4.78 is 18.1. The molecule has 0 fully saturated rings. The summed E-state index contributed by atoms with van der Waals surface area (Å²) in [5.41, 5.74) is 0.920. The minimum atomic E-state index is -0.338. The lowest BCUT2D eigenvalue weighted by Gasteiger charge is -2.14. The summed E-state index contributed by atoms with van der Waals surface area (Å²) in [6.45, 7) is 3.76. The number of thiazole rings is 1. The first-order chi connectivity index (χ1) is 9.47. The number of carbonyl (C=O) groups is 1. The minimum absolute atomic E-state index is 0.111. The fourth-order valence-corrected chi connectivity index (χ4v) is 2.37. The highest BCUT2D eigenvalue weighted by Gasteiger charge is 2.16. The summed E-state index contributed by atoms with van der Waals surface area (Å²) in [5, 5.41) is 0.646. The normalized spacial score (nSPS) is 10.4. The lowest BCUT2D eigenvalue weighted by atomic mass is 10.3. The highest BCUT2D eigenvalue weighted by Crippen LogP contribution is 2.24. The SMILES string of the molecule is Cc1nc(N(C)C(=O)COc2ccc(F)cc2)sc1C. The van der Waals surface area contributed by atoms with Crippen LogP contribution in [0.3, 0.4) is 0 Å². The monoisotopic (exact) mass is 294 g/mol. The average molecular weight is 294 g/mol. The number of hydrogen-bond donors (Lipinski definition) is 0. The number of ether oxygens (including phenoxy) is 1. The van der Waals surface area contributed by atoms with Crippen LogP contribution in [0.15, 0.2) is 24.3 Å². The smallest absolute Gasteiger partial charge is 0.266 e. The number of aryl methyl sites for hydroxylation is 2. The molecule has 0 N–H and O–H groups in total. The molecule has 1 amide bonds. The molecule has 1 heterocycles. The number of rotatable bonds is 4. The Balaban J connectivity index is 1.96. The van der Waals surface area contributed by atoms with Crippen LogP contribution in [-0.4, -0.2) is 24.5 Å². The van der Waals surface area contributed by atoms with E-state index in [1.165, 1.54) is 40.5 Å². The maximum absolute atomic E-state index is 12.7. The molecule has 1 aromatic heterocycles. The molecular weight excluding hydrogens is 279 g/mol. The molecule has 20 heavy (non-hydrogen) atoms. The van der Waals surface area contributed by atoms with Crippen molar-refractivity contribution in [2.45, 2.75) is 13.8 Å². The second kappa shape index (κ2) is 6.00. The molecule has 2 rings (SSSR count). The molecule has 0 saturated heterocycles. The molecule has 2 aromatic rings. The van der Waals surface area contributed by atoms with Crippen molar-refractivity contribution in [1.29, 1.82) is 0 Å². The van der Waals surface area contributed by atoms with Gasteiger partial charge in [-0.1, -0.05) is 0 Å². The molecule has 0 saturated carbocycles. The Hall–Kier alpha value is -1.95. The first-order valence-corrected chi connectivity index (χ1v) is 6.88. The van der Waals surface area contributed by atoms with Crippen LogP contribution >= 0.6 is 11.3 Å². The Morgan fingerprint density at radius 3 is 2.55 bits per heavy atom. The fraction of sp³-hybridized carbons (Fsp3) is 0.286. The quantitative estimate of drug-likeness (QED) is 0.870. The number of halogens is 1. The largest absolute Gasteiger partial charge is 0.484 e. The molecule has 0 spiro atoms. The highest BCUT2D eigenvalue weighted by atomic mass is 32.1. The van der Waals surface area contributed by atoms with E-state index in [0.717, 1.165) is 10.6 Å². The first kappa shape index (κ1) is 14.5. The van der Waals surface area contributed by atoms with E-state index in [9.17, 15) is 9.18 Å². The number of carbonyl (C=O) groups excluding carboxylic acids is 1. The van der Waals surface area contributed by atoms with Gasteiger partial charge in [-0.25, -0.2) is 9.37 Å². The molecule has 106 valence electrons. The van der Waals surface area contributed by atoms with Crippen LogP contribution in [0.5, 0.6) is 5.75 Å². The average Bonchev–Trinajstić information content (AvgIpc) is 2.77. The number of benzene rings is 1. The van der Waals surface area contributed by atoms with E-state index in [-0.39, 0.29) is 18.3 Å². The summed E-state index contributed by atoms with van der Waals surface area (Å²) in [6, 6.07) is 5.55. The first-order valence-electron chi connectivity index (χ1n) is 6.06. The summed E-state index contributed by atoms with van der Waals surface area (Å²) in [6.07, 6.45) is 0. The molecule has 6 heteroatoms. The van der Waals surface area contributed by atoms with Crippen LogP contribution in [0.2, 0.25) is 0 Å². The number of likely N-dealkylation sites (N-methyl/N-ethyl adjacent to an activating group) is 1. The zero-order chi connectivity index (χ0) is 14.7. The third-order valence-corrected chi connectivity index (χ3v) is 4.00. The zero-order valence-electron chi connectivity index (χ0n) is 11.5. The maximum atomic E-state index is 12.7. The molecule has 0 bridgehead atoms. The highest BCUT2D eigenvalue weighted by molar-refractivity contribution is 7.15. The van der Waals surface area contributed by atoms with Gasteiger partial charge in [0.25, 0.3) is 5.91 Å². The molecular formula is C14H15FN2O2S. The van der Waals surface area contributed by atoms with Crippen LogP contribution < -0.4 is 9.64 Å². The van der Waals surface area contributed by atoms with Gasteiger partial charge < -0.3 is 4.74 Å². The zero-order valence-corrected chi connectivity index (χ0v) is 12.3. The van der Waals surface area contributed by atoms with Gasteiger partial charge in [-0.2, -0.15) is 0 Å². The van der Waals surface area contributed by atoms with Crippen molar-refractivity contribution >= 4 is 22.4 Å².